The zero-order valence-corrected chi connectivity index (χ0v) is 15.2. The Kier molecular flexibility index (Phi) is 6.18. The standard InChI is InChI=1S/C17H23NO6S/c1-3-24-16(19)10-13-5-4-6-15(9-13)25(22,23)18-11-14(17(20)21)8-7-12(18)2/h4-6,9,12,14H,3,7-8,10-11H2,1-2H3,(H,20,21). The van der Waals surface area contributed by atoms with E-state index >= 15 is 0 Å². The van der Waals surface area contributed by atoms with Gasteiger partial charge in [0.05, 0.1) is 23.8 Å². The van der Waals surface area contributed by atoms with E-state index < -0.39 is 27.9 Å². The van der Waals surface area contributed by atoms with E-state index in [1.54, 1.807) is 26.0 Å². The van der Waals surface area contributed by atoms with Crippen molar-refractivity contribution in [3.8, 4) is 0 Å². The van der Waals surface area contributed by atoms with Crippen molar-refractivity contribution in [2.24, 2.45) is 5.92 Å². The van der Waals surface area contributed by atoms with Gasteiger partial charge in [0.2, 0.25) is 10.0 Å². The van der Waals surface area contributed by atoms with Gasteiger partial charge in [-0.2, -0.15) is 4.31 Å². The lowest BCUT2D eigenvalue weighted by Gasteiger charge is -2.35. The minimum absolute atomic E-state index is 0.00942. The van der Waals surface area contributed by atoms with E-state index in [4.69, 9.17) is 4.74 Å². The zero-order valence-electron chi connectivity index (χ0n) is 14.3. The van der Waals surface area contributed by atoms with Crippen LogP contribution in [0.3, 0.4) is 0 Å². The molecule has 0 saturated carbocycles. The number of aliphatic carboxylic acids is 1. The first-order valence-electron chi connectivity index (χ1n) is 8.25. The molecule has 0 amide bonds. The molecule has 0 aromatic heterocycles. The Hall–Kier alpha value is -1.93. The Bertz CT molecular complexity index is 745. The molecule has 0 aliphatic carbocycles. The number of hydrogen-bond acceptors (Lipinski definition) is 5. The molecule has 1 fully saturated rings. The summed E-state index contributed by atoms with van der Waals surface area (Å²) in [5.41, 5.74) is 0.541. The second kappa shape index (κ2) is 7.97. The smallest absolute Gasteiger partial charge is 0.310 e. The molecule has 1 aromatic carbocycles. The lowest BCUT2D eigenvalue weighted by Crippen LogP contribution is -2.47. The van der Waals surface area contributed by atoms with Crippen LogP contribution in [0, 0.1) is 5.92 Å². The molecule has 25 heavy (non-hydrogen) atoms. The van der Waals surface area contributed by atoms with Gasteiger partial charge in [-0.05, 0) is 44.4 Å². The molecule has 7 nitrogen and oxygen atoms in total. The fraction of sp³-hybridized carbons (Fsp3) is 0.529. The molecule has 2 unspecified atom stereocenters. The van der Waals surface area contributed by atoms with Gasteiger partial charge in [0.15, 0.2) is 0 Å². The average molecular weight is 369 g/mol. The molecule has 1 aromatic rings. The molecule has 0 bridgehead atoms. The molecule has 2 rings (SSSR count). The maximum absolute atomic E-state index is 12.9. The molecule has 138 valence electrons. The van der Waals surface area contributed by atoms with E-state index in [0.717, 1.165) is 0 Å². The maximum atomic E-state index is 12.9. The van der Waals surface area contributed by atoms with Crippen LogP contribution in [0.5, 0.6) is 0 Å². The summed E-state index contributed by atoms with van der Waals surface area (Å²) in [6.45, 7) is 3.70. The van der Waals surface area contributed by atoms with Crippen molar-refractivity contribution in [1.82, 2.24) is 4.31 Å². The van der Waals surface area contributed by atoms with Crippen molar-refractivity contribution in [1.29, 1.82) is 0 Å². The monoisotopic (exact) mass is 369 g/mol. The SMILES string of the molecule is CCOC(=O)Cc1cccc(S(=O)(=O)N2CC(C(=O)O)CCC2C)c1. The highest BCUT2D eigenvalue weighted by molar-refractivity contribution is 7.89. The number of benzene rings is 1. The molecule has 0 radical (unpaired) electrons. The first kappa shape index (κ1) is 19.4. The van der Waals surface area contributed by atoms with E-state index in [-0.39, 0.29) is 30.5 Å². The second-order valence-corrected chi connectivity index (χ2v) is 8.06. The predicted molar refractivity (Wildman–Crippen MR) is 90.5 cm³/mol. The lowest BCUT2D eigenvalue weighted by molar-refractivity contribution is -0.143. The van der Waals surface area contributed by atoms with Crippen LogP contribution in [0.25, 0.3) is 0 Å². The summed E-state index contributed by atoms with van der Waals surface area (Å²) in [5, 5.41) is 9.20. The maximum Gasteiger partial charge on any atom is 0.310 e. The minimum Gasteiger partial charge on any atom is -0.481 e. The number of piperidine rings is 1. The van der Waals surface area contributed by atoms with Crippen molar-refractivity contribution in [2.45, 2.75) is 44.0 Å². The van der Waals surface area contributed by atoms with E-state index in [1.807, 2.05) is 0 Å². The van der Waals surface area contributed by atoms with Crippen LogP contribution >= 0.6 is 0 Å². The molecule has 8 heteroatoms. The molecule has 1 saturated heterocycles. The number of nitrogens with zero attached hydrogens (tertiary/aromatic N) is 1. The molecule has 1 N–H and O–H groups in total. The number of rotatable bonds is 6. The molecule has 1 aliphatic rings. The summed E-state index contributed by atoms with van der Waals surface area (Å²) < 4.78 is 32.0. The largest absolute Gasteiger partial charge is 0.481 e. The molecule has 1 heterocycles. The number of carbonyl (C=O) groups is 2. The third kappa shape index (κ3) is 4.58. The van der Waals surface area contributed by atoms with E-state index in [2.05, 4.69) is 0 Å². The van der Waals surface area contributed by atoms with Crippen LogP contribution in [0.1, 0.15) is 32.3 Å². The predicted octanol–water partition coefficient (Wildman–Crippen LogP) is 1.67. The average Bonchev–Trinajstić information content (AvgIpc) is 2.55. The Morgan fingerprint density at radius 3 is 2.68 bits per heavy atom. The van der Waals surface area contributed by atoms with Gasteiger partial charge in [-0.1, -0.05) is 12.1 Å². The summed E-state index contributed by atoms with van der Waals surface area (Å²) in [6.07, 6.45) is 0.953. The number of carboxylic acids is 1. The van der Waals surface area contributed by atoms with Crippen molar-refractivity contribution < 1.29 is 27.9 Å². The van der Waals surface area contributed by atoms with Crippen molar-refractivity contribution >= 4 is 22.0 Å². The number of sulfonamides is 1. The minimum atomic E-state index is -3.83. The summed E-state index contributed by atoms with van der Waals surface area (Å²) in [5.74, 6) is -2.11. The molecular formula is C17H23NO6S. The number of ether oxygens (including phenoxy) is 1. The summed E-state index contributed by atoms with van der Waals surface area (Å²) in [4.78, 5) is 22.9. The quantitative estimate of drug-likeness (QED) is 0.766. The van der Waals surface area contributed by atoms with Gasteiger partial charge in [0.25, 0.3) is 0 Å². The zero-order chi connectivity index (χ0) is 18.6. The molecule has 0 spiro atoms. The van der Waals surface area contributed by atoms with Crippen LogP contribution in [-0.4, -0.2) is 49.0 Å². The third-order valence-corrected chi connectivity index (χ3v) is 6.31. The highest BCUT2D eigenvalue weighted by Gasteiger charge is 2.37. The number of esters is 1. The fourth-order valence-electron chi connectivity index (χ4n) is 2.94. The van der Waals surface area contributed by atoms with Gasteiger partial charge < -0.3 is 9.84 Å². The summed E-state index contributed by atoms with van der Waals surface area (Å²) >= 11 is 0. The van der Waals surface area contributed by atoms with Crippen LogP contribution in [-0.2, 0) is 30.8 Å². The van der Waals surface area contributed by atoms with E-state index in [0.29, 0.717) is 18.4 Å². The Morgan fingerprint density at radius 2 is 2.04 bits per heavy atom. The van der Waals surface area contributed by atoms with Crippen molar-refractivity contribution in [3.63, 3.8) is 0 Å². The normalized spacial score (nSPS) is 21.7. The van der Waals surface area contributed by atoms with E-state index in [9.17, 15) is 23.1 Å². The van der Waals surface area contributed by atoms with Crippen LogP contribution in [0.4, 0.5) is 0 Å². The highest BCUT2D eigenvalue weighted by atomic mass is 32.2. The van der Waals surface area contributed by atoms with Crippen LogP contribution in [0.2, 0.25) is 0 Å². The van der Waals surface area contributed by atoms with Gasteiger partial charge in [-0.3, -0.25) is 9.59 Å². The van der Waals surface area contributed by atoms with Gasteiger partial charge in [-0.15, -0.1) is 0 Å². The highest BCUT2D eigenvalue weighted by Crippen LogP contribution is 2.28. The lowest BCUT2D eigenvalue weighted by atomic mass is 9.96. The van der Waals surface area contributed by atoms with Crippen LogP contribution < -0.4 is 0 Å². The Balaban J connectivity index is 2.26. The molecule has 2 atom stereocenters. The second-order valence-electron chi connectivity index (χ2n) is 6.17. The van der Waals surface area contributed by atoms with E-state index in [1.165, 1.54) is 16.4 Å². The van der Waals surface area contributed by atoms with Gasteiger partial charge in [0, 0.05) is 12.6 Å². The number of carboxylic acid groups (broad SMARTS) is 1. The molecular weight excluding hydrogens is 346 g/mol. The Labute approximate surface area is 147 Å². The molecule has 1 aliphatic heterocycles. The van der Waals surface area contributed by atoms with Gasteiger partial charge in [0.1, 0.15) is 0 Å². The third-order valence-electron chi connectivity index (χ3n) is 4.33. The van der Waals surface area contributed by atoms with Crippen molar-refractivity contribution in [3.05, 3.63) is 29.8 Å². The van der Waals surface area contributed by atoms with Gasteiger partial charge >= 0.3 is 11.9 Å². The first-order valence-corrected chi connectivity index (χ1v) is 9.69. The first-order chi connectivity index (χ1) is 11.8. The topological polar surface area (TPSA) is 101 Å². The van der Waals surface area contributed by atoms with Gasteiger partial charge in [-0.25, -0.2) is 8.42 Å². The number of hydrogen-bond donors (Lipinski definition) is 1. The number of carbonyl (C=O) groups excluding carboxylic acids is 1. The van der Waals surface area contributed by atoms with Crippen molar-refractivity contribution in [2.75, 3.05) is 13.2 Å². The fourth-order valence-corrected chi connectivity index (χ4v) is 4.72. The summed E-state index contributed by atoms with van der Waals surface area (Å²) in [6, 6.07) is 5.87. The van der Waals surface area contributed by atoms with Crippen LogP contribution in [0.15, 0.2) is 29.2 Å². The summed E-state index contributed by atoms with van der Waals surface area (Å²) in [7, 11) is -3.83. The Morgan fingerprint density at radius 1 is 1.32 bits per heavy atom.